The summed E-state index contributed by atoms with van der Waals surface area (Å²) in [5, 5.41) is 8.92. The molecule has 0 fully saturated rings. The highest BCUT2D eigenvalue weighted by atomic mass is 32.1. The topological polar surface area (TPSA) is 80.9 Å². The third kappa shape index (κ3) is 4.09. The maximum atomic E-state index is 12.6. The van der Waals surface area contributed by atoms with Gasteiger partial charge in [0.2, 0.25) is 11.7 Å². The van der Waals surface area contributed by atoms with Gasteiger partial charge in [-0.15, -0.1) is 11.3 Å². The van der Waals surface area contributed by atoms with Crippen LogP contribution in [0, 0.1) is 0 Å². The van der Waals surface area contributed by atoms with E-state index in [9.17, 15) is 4.79 Å². The standard InChI is InChI=1S/C20H16N4O2S/c25-19(17-9-5-11-27-17)22-16(12-14-6-2-1-3-7-14)20-23-18(24-26-20)15-8-4-10-21-13-15/h1-11,13,16H,12H2,(H,22,25)/t16-/m0/s1. The van der Waals surface area contributed by atoms with Crippen molar-refractivity contribution >= 4 is 17.2 Å². The molecule has 1 aromatic carbocycles. The number of hydrogen-bond donors (Lipinski definition) is 1. The first-order chi connectivity index (χ1) is 13.3. The molecular formula is C20H16N4O2S. The fraction of sp³-hybridized carbons (Fsp3) is 0.100. The Hall–Kier alpha value is -3.32. The summed E-state index contributed by atoms with van der Waals surface area (Å²) in [6.45, 7) is 0. The summed E-state index contributed by atoms with van der Waals surface area (Å²) in [5.74, 6) is 0.649. The van der Waals surface area contributed by atoms with Gasteiger partial charge >= 0.3 is 0 Å². The van der Waals surface area contributed by atoms with Crippen LogP contribution in [0.25, 0.3) is 11.4 Å². The van der Waals surface area contributed by atoms with Crippen molar-refractivity contribution in [3.63, 3.8) is 0 Å². The van der Waals surface area contributed by atoms with Gasteiger partial charge in [0.1, 0.15) is 6.04 Å². The lowest BCUT2D eigenvalue weighted by atomic mass is 10.1. The van der Waals surface area contributed by atoms with E-state index < -0.39 is 6.04 Å². The molecule has 0 aliphatic rings. The number of thiophene rings is 1. The van der Waals surface area contributed by atoms with Crippen LogP contribution in [0.3, 0.4) is 0 Å². The van der Waals surface area contributed by atoms with E-state index in [0.29, 0.717) is 23.0 Å². The molecule has 27 heavy (non-hydrogen) atoms. The molecule has 0 bridgehead atoms. The lowest BCUT2D eigenvalue weighted by Crippen LogP contribution is -2.29. The van der Waals surface area contributed by atoms with Crippen molar-refractivity contribution in [2.45, 2.75) is 12.5 Å². The molecule has 0 aliphatic carbocycles. The molecule has 4 rings (SSSR count). The molecule has 0 unspecified atom stereocenters. The van der Waals surface area contributed by atoms with Crippen molar-refractivity contribution in [2.24, 2.45) is 0 Å². The number of amides is 1. The van der Waals surface area contributed by atoms with Gasteiger partial charge in [0.15, 0.2) is 0 Å². The average molecular weight is 376 g/mol. The van der Waals surface area contributed by atoms with E-state index in [4.69, 9.17) is 4.52 Å². The molecule has 1 amide bonds. The summed E-state index contributed by atoms with van der Waals surface area (Å²) in [4.78, 5) is 21.8. The minimum atomic E-state index is -0.431. The van der Waals surface area contributed by atoms with Crippen molar-refractivity contribution < 1.29 is 9.32 Å². The maximum absolute atomic E-state index is 12.6. The third-order valence-electron chi connectivity index (χ3n) is 3.99. The largest absolute Gasteiger partial charge is 0.339 e. The first-order valence-electron chi connectivity index (χ1n) is 8.42. The number of carbonyl (C=O) groups is 1. The van der Waals surface area contributed by atoms with E-state index in [2.05, 4.69) is 20.4 Å². The van der Waals surface area contributed by atoms with Crippen molar-refractivity contribution in [2.75, 3.05) is 0 Å². The van der Waals surface area contributed by atoms with Crippen molar-refractivity contribution in [1.82, 2.24) is 20.4 Å². The lowest BCUT2D eigenvalue weighted by Gasteiger charge is -2.14. The van der Waals surface area contributed by atoms with Gasteiger partial charge < -0.3 is 9.84 Å². The predicted molar refractivity (Wildman–Crippen MR) is 102 cm³/mol. The summed E-state index contributed by atoms with van der Waals surface area (Å²) in [5.41, 5.74) is 1.82. The van der Waals surface area contributed by atoms with Crippen molar-refractivity contribution in [3.8, 4) is 11.4 Å². The Morgan fingerprint density at radius 1 is 1.11 bits per heavy atom. The maximum Gasteiger partial charge on any atom is 0.262 e. The van der Waals surface area contributed by atoms with Crippen LogP contribution in [-0.4, -0.2) is 21.0 Å². The summed E-state index contributed by atoms with van der Waals surface area (Å²) < 4.78 is 5.47. The van der Waals surface area contributed by atoms with Crippen LogP contribution >= 0.6 is 11.3 Å². The van der Waals surface area contributed by atoms with E-state index in [1.54, 1.807) is 18.5 Å². The highest BCUT2D eigenvalue weighted by Crippen LogP contribution is 2.22. The fourth-order valence-corrected chi connectivity index (χ4v) is 3.30. The molecule has 0 radical (unpaired) electrons. The second-order valence-electron chi connectivity index (χ2n) is 5.89. The monoisotopic (exact) mass is 376 g/mol. The first kappa shape index (κ1) is 17.1. The number of rotatable bonds is 6. The zero-order chi connectivity index (χ0) is 18.5. The van der Waals surface area contributed by atoms with Crippen LogP contribution in [0.1, 0.15) is 27.2 Å². The number of aromatic nitrogens is 3. The minimum Gasteiger partial charge on any atom is -0.339 e. The zero-order valence-corrected chi connectivity index (χ0v) is 15.1. The Kier molecular flexibility index (Phi) is 5.02. The van der Waals surface area contributed by atoms with E-state index in [1.807, 2.05) is 53.9 Å². The molecule has 1 N–H and O–H groups in total. The normalized spacial score (nSPS) is 11.9. The van der Waals surface area contributed by atoms with Gasteiger partial charge in [-0.2, -0.15) is 4.98 Å². The Morgan fingerprint density at radius 2 is 2.00 bits per heavy atom. The van der Waals surface area contributed by atoms with E-state index >= 15 is 0 Å². The zero-order valence-electron chi connectivity index (χ0n) is 14.3. The number of carbonyl (C=O) groups excluding carboxylic acids is 1. The average Bonchev–Trinajstić information content (AvgIpc) is 3.41. The quantitative estimate of drug-likeness (QED) is 0.552. The molecule has 0 saturated heterocycles. The number of hydrogen-bond acceptors (Lipinski definition) is 6. The molecule has 1 atom stereocenters. The van der Waals surface area contributed by atoms with Gasteiger partial charge in [-0.25, -0.2) is 0 Å². The van der Waals surface area contributed by atoms with Crippen LogP contribution in [0.15, 0.2) is 76.9 Å². The Morgan fingerprint density at radius 3 is 2.74 bits per heavy atom. The van der Waals surface area contributed by atoms with Gasteiger partial charge in [-0.05, 0) is 29.1 Å². The summed E-state index contributed by atoms with van der Waals surface area (Å²) >= 11 is 1.39. The Bertz CT molecular complexity index is 1000. The van der Waals surface area contributed by atoms with Gasteiger partial charge in [0, 0.05) is 24.4 Å². The van der Waals surface area contributed by atoms with Gasteiger partial charge in [0.25, 0.3) is 5.91 Å². The van der Waals surface area contributed by atoms with E-state index in [1.165, 1.54) is 11.3 Å². The summed E-state index contributed by atoms with van der Waals surface area (Å²) in [6, 6.07) is 16.8. The number of pyridine rings is 1. The highest BCUT2D eigenvalue weighted by molar-refractivity contribution is 7.12. The smallest absolute Gasteiger partial charge is 0.262 e. The molecule has 3 heterocycles. The lowest BCUT2D eigenvalue weighted by molar-refractivity contribution is 0.0932. The molecular weight excluding hydrogens is 360 g/mol. The van der Waals surface area contributed by atoms with Crippen LogP contribution in [-0.2, 0) is 6.42 Å². The number of benzene rings is 1. The van der Waals surface area contributed by atoms with Crippen LogP contribution in [0.4, 0.5) is 0 Å². The van der Waals surface area contributed by atoms with E-state index in [0.717, 1.165) is 11.1 Å². The number of nitrogens with zero attached hydrogens (tertiary/aromatic N) is 3. The Labute approximate surface area is 159 Å². The van der Waals surface area contributed by atoms with Crippen molar-refractivity contribution in [1.29, 1.82) is 0 Å². The summed E-state index contributed by atoms with van der Waals surface area (Å²) in [7, 11) is 0. The molecule has 0 aliphatic heterocycles. The minimum absolute atomic E-state index is 0.160. The van der Waals surface area contributed by atoms with Gasteiger partial charge in [-0.1, -0.05) is 41.6 Å². The molecule has 3 aromatic heterocycles. The van der Waals surface area contributed by atoms with Crippen molar-refractivity contribution in [3.05, 3.63) is 88.7 Å². The number of nitrogens with one attached hydrogen (secondary N) is 1. The van der Waals surface area contributed by atoms with Crippen LogP contribution < -0.4 is 5.32 Å². The van der Waals surface area contributed by atoms with Crippen LogP contribution in [0.5, 0.6) is 0 Å². The van der Waals surface area contributed by atoms with E-state index in [-0.39, 0.29) is 5.91 Å². The second kappa shape index (κ2) is 7.92. The fourth-order valence-electron chi connectivity index (χ4n) is 2.68. The van der Waals surface area contributed by atoms with Gasteiger partial charge in [-0.3, -0.25) is 9.78 Å². The first-order valence-corrected chi connectivity index (χ1v) is 9.30. The molecule has 6 nitrogen and oxygen atoms in total. The molecule has 4 aromatic rings. The molecule has 134 valence electrons. The molecule has 7 heteroatoms. The molecule has 0 saturated carbocycles. The van der Waals surface area contributed by atoms with Gasteiger partial charge in [0.05, 0.1) is 4.88 Å². The second-order valence-corrected chi connectivity index (χ2v) is 6.84. The molecule has 0 spiro atoms. The SMILES string of the molecule is O=C(N[C@@H](Cc1ccccc1)c1nc(-c2cccnc2)no1)c1cccs1. The highest BCUT2D eigenvalue weighted by Gasteiger charge is 2.23. The Balaban J connectivity index is 1.61. The van der Waals surface area contributed by atoms with Crippen LogP contribution in [0.2, 0.25) is 0 Å². The third-order valence-corrected chi connectivity index (χ3v) is 4.86. The summed E-state index contributed by atoms with van der Waals surface area (Å²) in [6.07, 6.45) is 3.90. The predicted octanol–water partition coefficient (Wildman–Crippen LogP) is 3.91.